The summed E-state index contributed by atoms with van der Waals surface area (Å²) in [5.74, 6) is -0.106. The van der Waals surface area contributed by atoms with E-state index < -0.39 is 6.04 Å². The molecule has 0 saturated carbocycles. The maximum absolute atomic E-state index is 12.9. The molecule has 26 heavy (non-hydrogen) atoms. The molecule has 4 amide bonds. The predicted molar refractivity (Wildman–Crippen MR) is 96.8 cm³/mol. The average Bonchev–Trinajstić information content (AvgIpc) is 2.94. The van der Waals surface area contributed by atoms with Gasteiger partial charge in [-0.15, -0.1) is 0 Å². The first-order chi connectivity index (χ1) is 12.5. The lowest BCUT2D eigenvalue weighted by Crippen LogP contribution is -2.59. The summed E-state index contributed by atoms with van der Waals surface area (Å²) in [4.78, 5) is 44.6. The second-order valence-corrected chi connectivity index (χ2v) is 7.40. The predicted octanol–water partition coefficient (Wildman–Crippen LogP) is 0.933. The summed E-state index contributed by atoms with van der Waals surface area (Å²) >= 11 is 0. The van der Waals surface area contributed by atoms with Crippen LogP contribution in [0.2, 0.25) is 0 Å². The van der Waals surface area contributed by atoms with Gasteiger partial charge in [0.15, 0.2) is 0 Å². The van der Waals surface area contributed by atoms with E-state index in [1.807, 2.05) is 18.2 Å². The molecule has 0 aromatic heterocycles. The van der Waals surface area contributed by atoms with E-state index in [0.717, 1.165) is 18.5 Å². The number of amides is 4. The quantitative estimate of drug-likeness (QED) is 0.792. The number of carbonyl (C=O) groups is 3. The molecule has 0 bridgehead atoms. The van der Waals surface area contributed by atoms with Gasteiger partial charge in [-0.3, -0.25) is 9.59 Å². The molecule has 0 N–H and O–H groups in total. The molecule has 7 heteroatoms. The van der Waals surface area contributed by atoms with Gasteiger partial charge in [-0.1, -0.05) is 18.2 Å². The van der Waals surface area contributed by atoms with E-state index in [4.69, 9.17) is 0 Å². The van der Waals surface area contributed by atoms with Gasteiger partial charge in [0.05, 0.1) is 6.04 Å². The van der Waals surface area contributed by atoms with Crippen molar-refractivity contribution < 1.29 is 14.4 Å². The molecule has 0 unspecified atom stereocenters. The zero-order valence-corrected chi connectivity index (χ0v) is 15.2. The molecular weight excluding hydrogens is 332 g/mol. The highest BCUT2D eigenvalue weighted by molar-refractivity contribution is 5.98. The molecular formula is C19H24N4O3. The van der Waals surface area contributed by atoms with Crippen LogP contribution in [0.1, 0.15) is 18.9 Å². The number of rotatable bonds is 2. The van der Waals surface area contributed by atoms with Crippen LogP contribution >= 0.6 is 0 Å². The van der Waals surface area contributed by atoms with Gasteiger partial charge >= 0.3 is 6.03 Å². The molecule has 2 atom stereocenters. The van der Waals surface area contributed by atoms with Crippen molar-refractivity contribution in [3.05, 3.63) is 29.8 Å². The lowest BCUT2D eigenvalue weighted by atomic mass is 10.0. The summed E-state index contributed by atoms with van der Waals surface area (Å²) in [6.07, 6.45) is 1.91. The minimum Gasteiger partial charge on any atom is -0.342 e. The number of para-hydroxylation sites is 1. The van der Waals surface area contributed by atoms with Crippen molar-refractivity contribution in [1.82, 2.24) is 14.7 Å². The maximum Gasteiger partial charge on any atom is 0.321 e. The normalized spacial score (nSPS) is 25.5. The Labute approximate surface area is 153 Å². The number of nitrogens with zero attached hydrogens (tertiary/aromatic N) is 4. The van der Waals surface area contributed by atoms with Crippen LogP contribution in [0.15, 0.2) is 24.3 Å². The highest BCUT2D eigenvalue weighted by atomic mass is 16.2. The van der Waals surface area contributed by atoms with Gasteiger partial charge in [-0.05, 0) is 31.4 Å². The first kappa shape index (κ1) is 16.9. The number of fused-ring (bicyclic) bond motifs is 2. The summed E-state index contributed by atoms with van der Waals surface area (Å²) in [6, 6.07) is 7.24. The molecule has 3 aliphatic rings. The lowest BCUT2D eigenvalue weighted by Gasteiger charge is -2.38. The van der Waals surface area contributed by atoms with Crippen molar-refractivity contribution in [2.24, 2.45) is 0 Å². The molecule has 0 spiro atoms. The van der Waals surface area contributed by atoms with E-state index in [1.54, 1.807) is 33.6 Å². The number of anilines is 1. The topological polar surface area (TPSA) is 64.2 Å². The van der Waals surface area contributed by atoms with Crippen LogP contribution in [0.3, 0.4) is 0 Å². The van der Waals surface area contributed by atoms with E-state index >= 15 is 0 Å². The molecule has 1 aromatic carbocycles. The fraction of sp³-hybridized carbons (Fsp3) is 0.526. The van der Waals surface area contributed by atoms with Crippen LogP contribution in [0.4, 0.5) is 10.5 Å². The van der Waals surface area contributed by atoms with Crippen LogP contribution < -0.4 is 4.90 Å². The van der Waals surface area contributed by atoms with E-state index in [1.165, 1.54) is 5.56 Å². The smallest absolute Gasteiger partial charge is 0.321 e. The third kappa shape index (κ3) is 2.62. The van der Waals surface area contributed by atoms with Crippen molar-refractivity contribution in [1.29, 1.82) is 0 Å². The standard InChI is InChI=1S/C19H24N4O3/c1-13-18(25)20(2)10-15-11-21(19(26)23(13)15)12-17(24)22-9-5-7-14-6-3-4-8-16(14)22/h3-4,6,8,13,15H,5,7,9-12H2,1-2H3/t13-,15-/m0/s1. The third-order valence-electron chi connectivity index (χ3n) is 5.69. The zero-order chi connectivity index (χ0) is 18.4. The van der Waals surface area contributed by atoms with Gasteiger partial charge in [0.2, 0.25) is 11.8 Å². The molecule has 3 aliphatic heterocycles. The summed E-state index contributed by atoms with van der Waals surface area (Å²) in [6.45, 7) is 3.51. The summed E-state index contributed by atoms with van der Waals surface area (Å²) in [5.41, 5.74) is 2.13. The number of piperazine rings is 1. The van der Waals surface area contributed by atoms with Gasteiger partial charge < -0.3 is 19.6 Å². The first-order valence-electron chi connectivity index (χ1n) is 9.18. The van der Waals surface area contributed by atoms with E-state index in [9.17, 15) is 14.4 Å². The van der Waals surface area contributed by atoms with Crippen molar-refractivity contribution in [2.45, 2.75) is 31.8 Å². The van der Waals surface area contributed by atoms with Gasteiger partial charge in [0.25, 0.3) is 0 Å². The van der Waals surface area contributed by atoms with Crippen LogP contribution in [0.25, 0.3) is 0 Å². The fourth-order valence-electron chi connectivity index (χ4n) is 4.39. The zero-order valence-electron chi connectivity index (χ0n) is 15.2. The summed E-state index contributed by atoms with van der Waals surface area (Å²) < 4.78 is 0. The molecule has 0 aliphatic carbocycles. The van der Waals surface area contributed by atoms with Gasteiger partial charge in [-0.2, -0.15) is 0 Å². The second-order valence-electron chi connectivity index (χ2n) is 7.40. The molecule has 138 valence electrons. The summed E-state index contributed by atoms with van der Waals surface area (Å²) in [7, 11) is 1.76. The largest absolute Gasteiger partial charge is 0.342 e. The van der Waals surface area contributed by atoms with Crippen LogP contribution in [0.5, 0.6) is 0 Å². The number of urea groups is 1. The van der Waals surface area contributed by atoms with Gasteiger partial charge in [-0.25, -0.2) is 4.79 Å². The Morgan fingerprint density at radius 1 is 1.19 bits per heavy atom. The second kappa shape index (κ2) is 6.30. The Morgan fingerprint density at radius 2 is 1.96 bits per heavy atom. The SMILES string of the molecule is C[C@H]1C(=O)N(C)C[C@H]2CN(CC(=O)N3CCCc4ccccc43)C(=O)N21. The highest BCUT2D eigenvalue weighted by Crippen LogP contribution is 2.28. The molecule has 2 saturated heterocycles. The lowest BCUT2D eigenvalue weighted by molar-refractivity contribution is -0.139. The Hall–Kier alpha value is -2.57. The molecule has 4 rings (SSSR count). The molecule has 0 radical (unpaired) electrons. The van der Waals surface area contributed by atoms with Crippen molar-refractivity contribution in [3.8, 4) is 0 Å². The first-order valence-corrected chi connectivity index (χ1v) is 9.18. The number of aryl methyl sites for hydroxylation is 1. The molecule has 1 aromatic rings. The Balaban J connectivity index is 1.50. The molecule has 2 fully saturated rings. The average molecular weight is 356 g/mol. The van der Waals surface area contributed by atoms with Crippen LogP contribution in [-0.4, -0.2) is 77.9 Å². The Bertz CT molecular complexity index is 765. The monoisotopic (exact) mass is 356 g/mol. The van der Waals surface area contributed by atoms with Crippen LogP contribution in [0, 0.1) is 0 Å². The van der Waals surface area contributed by atoms with Crippen molar-refractivity contribution in [3.63, 3.8) is 0 Å². The number of hydrogen-bond donors (Lipinski definition) is 0. The van der Waals surface area contributed by atoms with E-state index in [2.05, 4.69) is 6.07 Å². The Morgan fingerprint density at radius 3 is 2.77 bits per heavy atom. The fourth-order valence-corrected chi connectivity index (χ4v) is 4.39. The number of likely N-dealkylation sites (N-methyl/N-ethyl adjacent to an activating group) is 1. The number of benzene rings is 1. The van der Waals surface area contributed by atoms with Gasteiger partial charge in [0, 0.05) is 32.4 Å². The maximum atomic E-state index is 12.9. The Kier molecular flexibility index (Phi) is 4.09. The van der Waals surface area contributed by atoms with E-state index in [-0.39, 0.29) is 30.4 Å². The minimum atomic E-state index is -0.470. The summed E-state index contributed by atoms with van der Waals surface area (Å²) in [5, 5.41) is 0. The number of hydrogen-bond acceptors (Lipinski definition) is 3. The van der Waals surface area contributed by atoms with Crippen LogP contribution in [-0.2, 0) is 16.0 Å². The van der Waals surface area contributed by atoms with Crippen molar-refractivity contribution >= 4 is 23.5 Å². The van der Waals surface area contributed by atoms with Gasteiger partial charge in [0.1, 0.15) is 12.6 Å². The van der Waals surface area contributed by atoms with E-state index in [0.29, 0.717) is 19.6 Å². The van der Waals surface area contributed by atoms with Crippen molar-refractivity contribution in [2.75, 3.05) is 38.1 Å². The number of carbonyl (C=O) groups excluding carboxylic acids is 3. The molecule has 7 nitrogen and oxygen atoms in total. The minimum absolute atomic E-state index is 0.0401. The molecule has 3 heterocycles. The third-order valence-corrected chi connectivity index (χ3v) is 5.69. The highest BCUT2D eigenvalue weighted by Gasteiger charge is 2.47.